The smallest absolute Gasteiger partial charge is 0.132 e. The largest absolute Gasteiger partial charge is 0.374 e. The standard InChI is InChI=1S/C33H32F2O4/c1-23-17-27(29(35)18-28(23)34)31-33(38-21-26-15-9-4-10-16-26)32(37-20-25-13-7-3-8-14-25)30(39-31)22-36-19-24-11-5-2-6-12-24/h2-18,30-33H,19-22H2,1H3/t30-,31+,32?,33?/m1/s1. The van der Waals surface area contributed by atoms with Gasteiger partial charge in [0.15, 0.2) is 0 Å². The van der Waals surface area contributed by atoms with Crippen LogP contribution in [0.4, 0.5) is 8.78 Å². The van der Waals surface area contributed by atoms with Crippen molar-refractivity contribution in [2.45, 2.75) is 51.2 Å². The van der Waals surface area contributed by atoms with Crippen molar-refractivity contribution in [3.63, 3.8) is 0 Å². The van der Waals surface area contributed by atoms with Crippen molar-refractivity contribution < 1.29 is 27.7 Å². The molecule has 1 heterocycles. The Labute approximate surface area is 228 Å². The maximum atomic E-state index is 15.1. The summed E-state index contributed by atoms with van der Waals surface area (Å²) in [6, 6.07) is 31.8. The minimum absolute atomic E-state index is 0.220. The van der Waals surface area contributed by atoms with Crippen LogP contribution in [0.5, 0.6) is 0 Å². The molecule has 6 heteroatoms. The van der Waals surface area contributed by atoms with Gasteiger partial charge in [-0.15, -0.1) is 0 Å². The minimum atomic E-state index is -0.806. The molecule has 0 saturated carbocycles. The molecule has 0 N–H and O–H groups in total. The van der Waals surface area contributed by atoms with E-state index in [4.69, 9.17) is 18.9 Å². The third-order valence-corrected chi connectivity index (χ3v) is 6.86. The Bertz CT molecular complexity index is 1320. The van der Waals surface area contributed by atoms with Gasteiger partial charge in [0.25, 0.3) is 0 Å². The molecular weight excluding hydrogens is 498 g/mol. The summed E-state index contributed by atoms with van der Waals surface area (Å²) in [6.45, 7) is 2.84. The third kappa shape index (κ3) is 6.97. The molecule has 2 unspecified atom stereocenters. The lowest BCUT2D eigenvalue weighted by atomic mass is 9.98. The average Bonchev–Trinajstić information content (AvgIpc) is 3.31. The average molecular weight is 531 g/mol. The van der Waals surface area contributed by atoms with E-state index in [1.807, 2.05) is 91.0 Å². The quantitative estimate of drug-likeness (QED) is 0.207. The molecule has 1 fully saturated rings. The Morgan fingerprint density at radius 1 is 0.641 bits per heavy atom. The Hall–Kier alpha value is -3.42. The van der Waals surface area contributed by atoms with E-state index in [-0.39, 0.29) is 18.8 Å². The number of rotatable bonds is 11. The van der Waals surface area contributed by atoms with Crippen LogP contribution < -0.4 is 0 Å². The summed E-state index contributed by atoms with van der Waals surface area (Å²) in [5.74, 6) is -1.28. The summed E-state index contributed by atoms with van der Waals surface area (Å²) in [5.41, 5.74) is 3.58. The van der Waals surface area contributed by atoms with E-state index in [2.05, 4.69) is 0 Å². The Kier molecular flexibility index (Phi) is 9.12. The zero-order valence-corrected chi connectivity index (χ0v) is 21.8. The molecule has 0 spiro atoms. The van der Waals surface area contributed by atoms with Crippen LogP contribution >= 0.6 is 0 Å². The molecule has 202 valence electrons. The van der Waals surface area contributed by atoms with Gasteiger partial charge >= 0.3 is 0 Å². The second-order valence-electron chi connectivity index (χ2n) is 9.74. The SMILES string of the molecule is Cc1cc([C@@H]2O[C@H](COCc3ccccc3)C(OCc3ccccc3)C2OCc2ccccc2)c(F)cc1F. The second kappa shape index (κ2) is 13.1. The predicted molar refractivity (Wildman–Crippen MR) is 145 cm³/mol. The lowest BCUT2D eigenvalue weighted by Crippen LogP contribution is -2.38. The summed E-state index contributed by atoms with van der Waals surface area (Å²) < 4.78 is 54.6. The third-order valence-electron chi connectivity index (χ3n) is 6.86. The molecule has 5 rings (SSSR count). The van der Waals surface area contributed by atoms with Crippen molar-refractivity contribution in [3.05, 3.63) is 143 Å². The summed E-state index contributed by atoms with van der Waals surface area (Å²) in [5, 5.41) is 0. The highest BCUT2D eigenvalue weighted by Gasteiger charge is 2.48. The van der Waals surface area contributed by atoms with Crippen LogP contribution in [0, 0.1) is 18.6 Å². The van der Waals surface area contributed by atoms with Crippen molar-refractivity contribution in [1.29, 1.82) is 0 Å². The molecule has 39 heavy (non-hydrogen) atoms. The topological polar surface area (TPSA) is 36.9 Å². The zero-order chi connectivity index (χ0) is 27.0. The molecule has 4 nitrogen and oxygen atoms in total. The number of benzene rings is 4. The molecular formula is C33H32F2O4. The summed E-state index contributed by atoms with van der Waals surface area (Å²) >= 11 is 0. The highest BCUT2D eigenvalue weighted by molar-refractivity contribution is 5.30. The van der Waals surface area contributed by atoms with Crippen LogP contribution in [-0.4, -0.2) is 24.9 Å². The van der Waals surface area contributed by atoms with Gasteiger partial charge < -0.3 is 18.9 Å². The maximum absolute atomic E-state index is 15.1. The first kappa shape index (κ1) is 27.2. The van der Waals surface area contributed by atoms with Crippen LogP contribution in [-0.2, 0) is 38.8 Å². The summed E-state index contributed by atoms with van der Waals surface area (Å²) in [4.78, 5) is 0. The Morgan fingerprint density at radius 3 is 1.72 bits per heavy atom. The van der Waals surface area contributed by atoms with E-state index >= 15 is 4.39 Å². The molecule has 0 radical (unpaired) electrons. The molecule has 0 aliphatic carbocycles. The molecule has 0 aromatic heterocycles. The summed E-state index contributed by atoms with van der Waals surface area (Å²) in [7, 11) is 0. The molecule has 1 saturated heterocycles. The molecule has 4 atom stereocenters. The molecule has 0 amide bonds. The van der Waals surface area contributed by atoms with Crippen LogP contribution in [0.25, 0.3) is 0 Å². The first-order chi connectivity index (χ1) is 19.1. The van der Waals surface area contributed by atoms with E-state index < -0.39 is 36.1 Å². The Balaban J connectivity index is 1.42. The van der Waals surface area contributed by atoms with Crippen molar-refractivity contribution >= 4 is 0 Å². The monoisotopic (exact) mass is 530 g/mol. The fourth-order valence-electron chi connectivity index (χ4n) is 4.79. The van der Waals surface area contributed by atoms with Crippen molar-refractivity contribution in [2.75, 3.05) is 6.61 Å². The van der Waals surface area contributed by atoms with E-state index in [9.17, 15) is 4.39 Å². The normalized spacial score (nSPS) is 20.8. The predicted octanol–water partition coefficient (Wildman–Crippen LogP) is 7.10. The lowest BCUT2D eigenvalue weighted by molar-refractivity contribution is -0.0898. The fourth-order valence-corrected chi connectivity index (χ4v) is 4.79. The van der Waals surface area contributed by atoms with Crippen LogP contribution in [0.15, 0.2) is 103 Å². The molecule has 0 bridgehead atoms. The minimum Gasteiger partial charge on any atom is -0.374 e. The Morgan fingerprint density at radius 2 is 1.15 bits per heavy atom. The van der Waals surface area contributed by atoms with E-state index in [1.54, 1.807) is 6.92 Å². The first-order valence-electron chi connectivity index (χ1n) is 13.1. The summed E-state index contributed by atoms with van der Waals surface area (Å²) in [6.07, 6.45) is -2.55. The molecule has 1 aliphatic heterocycles. The van der Waals surface area contributed by atoms with Gasteiger partial charge in [-0.05, 0) is 35.2 Å². The van der Waals surface area contributed by atoms with Crippen molar-refractivity contribution in [2.24, 2.45) is 0 Å². The zero-order valence-electron chi connectivity index (χ0n) is 21.8. The molecule has 4 aromatic rings. The maximum Gasteiger partial charge on any atom is 0.132 e. The number of ether oxygens (including phenoxy) is 4. The van der Waals surface area contributed by atoms with Crippen molar-refractivity contribution in [1.82, 2.24) is 0 Å². The van der Waals surface area contributed by atoms with Crippen LogP contribution in [0.1, 0.15) is 33.9 Å². The molecule has 1 aliphatic rings. The van der Waals surface area contributed by atoms with Gasteiger partial charge in [0, 0.05) is 11.6 Å². The van der Waals surface area contributed by atoms with Gasteiger partial charge in [0.2, 0.25) is 0 Å². The van der Waals surface area contributed by atoms with Gasteiger partial charge in [-0.1, -0.05) is 91.0 Å². The van der Waals surface area contributed by atoms with Gasteiger partial charge in [0.05, 0.1) is 26.4 Å². The van der Waals surface area contributed by atoms with Crippen LogP contribution in [0.3, 0.4) is 0 Å². The van der Waals surface area contributed by atoms with Crippen LogP contribution in [0.2, 0.25) is 0 Å². The number of halogens is 2. The lowest BCUT2D eigenvalue weighted by Gasteiger charge is -2.25. The highest BCUT2D eigenvalue weighted by Crippen LogP contribution is 2.40. The van der Waals surface area contributed by atoms with Gasteiger partial charge in [0.1, 0.15) is 36.1 Å². The first-order valence-corrected chi connectivity index (χ1v) is 13.1. The van der Waals surface area contributed by atoms with Gasteiger partial charge in [-0.2, -0.15) is 0 Å². The van der Waals surface area contributed by atoms with E-state index in [1.165, 1.54) is 6.07 Å². The van der Waals surface area contributed by atoms with E-state index in [0.29, 0.717) is 18.8 Å². The molecule has 4 aromatic carbocycles. The number of aryl methyl sites for hydroxylation is 1. The van der Waals surface area contributed by atoms with Gasteiger partial charge in [-0.25, -0.2) is 8.78 Å². The van der Waals surface area contributed by atoms with E-state index in [0.717, 1.165) is 22.8 Å². The van der Waals surface area contributed by atoms with Gasteiger partial charge in [-0.3, -0.25) is 0 Å². The fraction of sp³-hybridized carbons (Fsp3) is 0.273. The number of hydrogen-bond donors (Lipinski definition) is 0. The highest BCUT2D eigenvalue weighted by atomic mass is 19.1. The second-order valence-corrected chi connectivity index (χ2v) is 9.74. The number of hydrogen-bond acceptors (Lipinski definition) is 4. The van der Waals surface area contributed by atoms with Crippen molar-refractivity contribution in [3.8, 4) is 0 Å².